The number of hydrogen-bond donors (Lipinski definition) is 0. The van der Waals surface area contributed by atoms with E-state index in [9.17, 15) is 0 Å². The van der Waals surface area contributed by atoms with Gasteiger partial charge in [-0.05, 0) is 0 Å². The number of aryl methyl sites for hydroxylation is 1. The third kappa shape index (κ3) is 4.41. The second kappa shape index (κ2) is 11.3. The van der Waals surface area contributed by atoms with Gasteiger partial charge in [0.05, 0.1) is 8.07 Å². The van der Waals surface area contributed by atoms with Crippen LogP contribution in [0.4, 0.5) is 0 Å². The first-order chi connectivity index (χ1) is 16.5. The van der Waals surface area contributed by atoms with E-state index in [0.29, 0.717) is 0 Å². The van der Waals surface area contributed by atoms with Gasteiger partial charge in [0.15, 0.2) is 0 Å². The van der Waals surface area contributed by atoms with Gasteiger partial charge >= 0.3 is 37.9 Å². The molecule has 0 nitrogen and oxygen atoms in total. The number of fused-ring (bicyclic) bond motifs is 1. The summed E-state index contributed by atoms with van der Waals surface area (Å²) < 4.78 is 0. The summed E-state index contributed by atoms with van der Waals surface area (Å²) in [5, 5.41) is 6.28. The Kier molecular flexibility index (Phi) is 8.57. The molecule has 1 aliphatic carbocycles. The Balaban J connectivity index is 0.000000868. The van der Waals surface area contributed by atoms with Crippen molar-refractivity contribution < 1.29 is 20.8 Å². The van der Waals surface area contributed by atoms with Gasteiger partial charge in [0.1, 0.15) is 0 Å². The molecule has 0 bridgehead atoms. The summed E-state index contributed by atoms with van der Waals surface area (Å²) in [4.78, 5) is 0. The second-order valence-corrected chi connectivity index (χ2v) is 16.8. The summed E-state index contributed by atoms with van der Waals surface area (Å²) in [6, 6.07) is 27.8. The van der Waals surface area contributed by atoms with Gasteiger partial charge in [0.2, 0.25) is 0 Å². The van der Waals surface area contributed by atoms with Crippen LogP contribution in [0.2, 0.25) is 0 Å². The SMILES string of the molecule is Cc1c(C)c(C)[c-]([Si](c2ccccc2)(c2ccccc2)[c-]2ccc3c2CCCC3)c1C.[Cl][Zr+2][Cl]. The first-order valence-corrected chi connectivity index (χ1v) is 20.4. The van der Waals surface area contributed by atoms with Crippen molar-refractivity contribution in [3.05, 3.63) is 106 Å². The predicted octanol–water partition coefficient (Wildman–Crippen LogP) is 5.99. The minimum atomic E-state index is -2.43. The summed E-state index contributed by atoms with van der Waals surface area (Å²) in [5.74, 6) is 0. The van der Waals surface area contributed by atoms with Crippen molar-refractivity contribution in [2.75, 3.05) is 0 Å². The van der Waals surface area contributed by atoms with Crippen LogP contribution in [0.5, 0.6) is 0 Å². The Hall–Kier alpha value is -1.18. The Morgan fingerprint density at radius 2 is 1.18 bits per heavy atom. The van der Waals surface area contributed by atoms with Gasteiger partial charge in [0, 0.05) is 0 Å². The zero-order chi connectivity index (χ0) is 24.3. The van der Waals surface area contributed by atoms with Gasteiger partial charge < -0.3 is 0 Å². The maximum absolute atomic E-state index is 4.93. The first kappa shape index (κ1) is 25.9. The number of halogens is 2. The molecule has 0 amide bonds. The second-order valence-electron chi connectivity index (χ2n) is 9.39. The van der Waals surface area contributed by atoms with E-state index in [-0.39, 0.29) is 0 Å². The molecule has 1 aliphatic rings. The van der Waals surface area contributed by atoms with E-state index in [0.717, 1.165) is 0 Å². The van der Waals surface area contributed by atoms with Crippen molar-refractivity contribution in [1.29, 1.82) is 0 Å². The molecular formula is C30H32Cl2SiZr. The molecule has 4 aromatic rings. The molecule has 0 saturated heterocycles. The molecule has 0 saturated carbocycles. The van der Waals surface area contributed by atoms with Crippen molar-refractivity contribution >= 4 is 45.8 Å². The third-order valence-electron chi connectivity index (χ3n) is 7.92. The van der Waals surface area contributed by atoms with E-state index >= 15 is 0 Å². The molecule has 0 N–H and O–H groups in total. The van der Waals surface area contributed by atoms with Crippen LogP contribution in [0.1, 0.15) is 46.2 Å². The molecule has 0 radical (unpaired) electrons. The predicted molar refractivity (Wildman–Crippen MR) is 149 cm³/mol. The fourth-order valence-corrected chi connectivity index (χ4v) is 11.9. The topological polar surface area (TPSA) is 0 Å². The molecule has 5 rings (SSSR count). The van der Waals surface area contributed by atoms with Gasteiger partial charge in [0.25, 0.3) is 0 Å². The van der Waals surface area contributed by atoms with Crippen LogP contribution in [0.25, 0.3) is 0 Å². The fraction of sp³-hybridized carbons (Fsp3) is 0.267. The number of rotatable bonds is 4. The van der Waals surface area contributed by atoms with E-state index < -0.39 is 28.9 Å². The van der Waals surface area contributed by atoms with E-state index in [1.54, 1.807) is 21.5 Å². The van der Waals surface area contributed by atoms with Gasteiger partial charge in [-0.2, -0.15) is 49.8 Å². The van der Waals surface area contributed by atoms with Crippen LogP contribution in [0.15, 0.2) is 72.8 Å². The van der Waals surface area contributed by atoms with E-state index in [4.69, 9.17) is 17.0 Å². The Bertz CT molecular complexity index is 1170. The minimum absolute atomic E-state index is 0.826. The zero-order valence-corrected chi connectivity index (χ0v) is 25.5. The van der Waals surface area contributed by atoms with Crippen molar-refractivity contribution in [3.8, 4) is 0 Å². The van der Waals surface area contributed by atoms with Crippen molar-refractivity contribution in [2.24, 2.45) is 0 Å². The molecule has 0 aliphatic heterocycles. The Morgan fingerprint density at radius 3 is 1.68 bits per heavy atom. The van der Waals surface area contributed by atoms with Gasteiger partial charge in [-0.25, -0.2) is 6.07 Å². The molecule has 0 aromatic heterocycles. The normalized spacial score (nSPS) is 13.0. The summed E-state index contributed by atoms with van der Waals surface area (Å²) in [5.41, 5.74) is 9.19. The van der Waals surface area contributed by atoms with E-state index in [1.807, 2.05) is 0 Å². The van der Waals surface area contributed by atoms with Gasteiger partial charge in [-0.15, -0.1) is 0 Å². The molecular weight excluding hydrogens is 551 g/mol. The summed E-state index contributed by atoms with van der Waals surface area (Å²) >= 11 is -0.826. The molecule has 174 valence electrons. The Morgan fingerprint density at radius 1 is 0.706 bits per heavy atom. The summed E-state index contributed by atoms with van der Waals surface area (Å²) in [6.07, 6.45) is 5.10. The van der Waals surface area contributed by atoms with Crippen LogP contribution < -0.4 is 20.7 Å². The molecule has 4 aromatic carbocycles. The van der Waals surface area contributed by atoms with Crippen molar-refractivity contribution in [1.82, 2.24) is 0 Å². The molecule has 0 spiro atoms. The summed E-state index contributed by atoms with van der Waals surface area (Å²) in [6.45, 7) is 9.37. The molecule has 0 atom stereocenters. The number of benzene rings is 2. The van der Waals surface area contributed by atoms with Crippen LogP contribution >= 0.6 is 17.0 Å². The average Bonchev–Trinajstić information content (AvgIpc) is 3.38. The van der Waals surface area contributed by atoms with Gasteiger partial charge in [-0.1, -0.05) is 124 Å². The van der Waals surface area contributed by atoms with Crippen molar-refractivity contribution in [2.45, 2.75) is 53.4 Å². The Labute approximate surface area is 224 Å². The monoisotopic (exact) mass is 580 g/mol. The van der Waals surface area contributed by atoms with Crippen LogP contribution in [0, 0.1) is 27.7 Å². The van der Waals surface area contributed by atoms with Crippen LogP contribution in [0.3, 0.4) is 0 Å². The number of hydrogen-bond acceptors (Lipinski definition) is 0. The third-order valence-corrected chi connectivity index (χ3v) is 13.1. The quantitative estimate of drug-likeness (QED) is 0.205. The van der Waals surface area contributed by atoms with E-state index in [2.05, 4.69) is 100 Å². The molecule has 0 heterocycles. The molecule has 34 heavy (non-hydrogen) atoms. The molecule has 0 fully saturated rings. The summed E-state index contributed by atoms with van der Waals surface area (Å²) in [7, 11) is 7.44. The fourth-order valence-electron chi connectivity index (χ4n) is 6.11. The standard InChI is InChI=1S/C30H32Si.2ClH.Zr/c1-21-22(2)24(4)30(23(21)3)31(26-14-7-5-8-15-26,27-16-9-6-10-17-27)29-20-19-25-13-11-12-18-28(25)29;;;/h5-10,14-17,19-20H,11-13,18H2,1-4H3;2*1H;/q-2;;;+4/p-2. The van der Waals surface area contributed by atoms with Gasteiger partial charge in [-0.3, -0.25) is 0 Å². The first-order valence-electron chi connectivity index (χ1n) is 12.1. The molecule has 4 heteroatoms. The maximum atomic E-state index is 4.93. The van der Waals surface area contributed by atoms with Crippen molar-refractivity contribution in [3.63, 3.8) is 0 Å². The van der Waals surface area contributed by atoms with Crippen LogP contribution in [-0.2, 0) is 33.7 Å². The molecule has 0 unspecified atom stereocenters. The van der Waals surface area contributed by atoms with Crippen LogP contribution in [-0.4, -0.2) is 8.07 Å². The van der Waals surface area contributed by atoms with E-state index in [1.165, 1.54) is 58.3 Å². The zero-order valence-electron chi connectivity index (χ0n) is 20.5. The average molecular weight is 583 g/mol.